The Labute approximate surface area is 303 Å². The van der Waals surface area contributed by atoms with E-state index in [-0.39, 0.29) is 35.9 Å². The minimum atomic E-state index is -0.698. The van der Waals surface area contributed by atoms with Crippen molar-refractivity contribution >= 4 is 40.0 Å². The van der Waals surface area contributed by atoms with Crippen molar-refractivity contribution in [2.45, 2.75) is 70.6 Å². The number of amides is 3. The van der Waals surface area contributed by atoms with Gasteiger partial charge in [-0.3, -0.25) is 14.5 Å². The molecule has 52 heavy (non-hydrogen) atoms. The third-order valence-corrected chi connectivity index (χ3v) is 10.6. The van der Waals surface area contributed by atoms with Gasteiger partial charge >= 0.3 is 6.09 Å². The molecule has 5 aromatic rings. The van der Waals surface area contributed by atoms with Crippen LogP contribution < -0.4 is 5.32 Å². The van der Waals surface area contributed by atoms with Crippen LogP contribution in [0.2, 0.25) is 0 Å². The van der Waals surface area contributed by atoms with Crippen molar-refractivity contribution in [3.63, 3.8) is 0 Å². The molecular weight excluding hydrogens is 656 g/mol. The van der Waals surface area contributed by atoms with Gasteiger partial charge in [-0.05, 0) is 99.1 Å². The van der Waals surface area contributed by atoms with Gasteiger partial charge in [0.15, 0.2) is 0 Å². The summed E-state index contributed by atoms with van der Waals surface area (Å²) in [6.45, 7) is 7.23. The maximum Gasteiger partial charge on any atom is 0.407 e. The van der Waals surface area contributed by atoms with Crippen LogP contribution in [0.5, 0.6) is 0 Å². The Hall–Kier alpha value is -5.23. The van der Waals surface area contributed by atoms with Gasteiger partial charge in [0.05, 0.1) is 47.3 Å². The van der Waals surface area contributed by atoms with Crippen LogP contribution in [-0.4, -0.2) is 98.9 Å². The molecule has 272 valence electrons. The minimum Gasteiger partial charge on any atom is -0.453 e. The van der Waals surface area contributed by atoms with E-state index in [1.54, 1.807) is 11.8 Å². The molecule has 0 radical (unpaired) electrons. The number of methoxy groups -OCH3 is 1. The van der Waals surface area contributed by atoms with Crippen molar-refractivity contribution in [1.82, 2.24) is 40.0 Å². The van der Waals surface area contributed by atoms with Crippen LogP contribution in [0.25, 0.3) is 44.3 Å². The lowest BCUT2D eigenvalue weighted by Gasteiger charge is -2.33. The summed E-state index contributed by atoms with van der Waals surface area (Å²) in [7, 11) is 5.23. The van der Waals surface area contributed by atoms with Crippen LogP contribution in [0.15, 0.2) is 60.7 Å². The van der Waals surface area contributed by atoms with Crippen LogP contribution in [0.1, 0.15) is 70.2 Å². The van der Waals surface area contributed by atoms with E-state index in [1.807, 2.05) is 30.0 Å². The number of benzene rings is 3. The molecule has 3 amide bonds. The average molecular weight is 705 g/mol. The summed E-state index contributed by atoms with van der Waals surface area (Å²) >= 11 is 0. The average Bonchev–Trinajstić information content (AvgIpc) is 3.95. The van der Waals surface area contributed by atoms with E-state index in [9.17, 15) is 14.4 Å². The van der Waals surface area contributed by atoms with E-state index in [0.717, 1.165) is 88.2 Å². The number of aromatic nitrogens is 4. The predicted molar refractivity (Wildman–Crippen MR) is 201 cm³/mol. The maximum atomic E-state index is 13.6. The number of alkyl carbamates (subject to hydrolysis) is 1. The summed E-state index contributed by atoms with van der Waals surface area (Å²) in [4.78, 5) is 61.1. The molecule has 4 heterocycles. The van der Waals surface area contributed by atoms with Gasteiger partial charge in [0.1, 0.15) is 17.7 Å². The summed E-state index contributed by atoms with van der Waals surface area (Å²) in [6, 6.07) is 19.9. The van der Waals surface area contributed by atoms with Crippen molar-refractivity contribution < 1.29 is 19.1 Å². The summed E-state index contributed by atoms with van der Waals surface area (Å²) in [5, 5.41) is 2.58. The smallest absolute Gasteiger partial charge is 0.407 e. The van der Waals surface area contributed by atoms with Crippen LogP contribution in [-0.2, 0) is 14.3 Å². The molecule has 0 spiro atoms. The molecular formula is C40H48N8O4. The Kier molecular flexibility index (Phi) is 9.76. The zero-order valence-electron chi connectivity index (χ0n) is 30.8. The number of hydrogen-bond donors (Lipinski definition) is 3. The van der Waals surface area contributed by atoms with Gasteiger partial charge in [-0.2, -0.15) is 0 Å². The van der Waals surface area contributed by atoms with Crippen LogP contribution in [0.4, 0.5) is 4.79 Å². The first kappa shape index (κ1) is 35.2. The molecule has 2 aliphatic rings. The summed E-state index contributed by atoms with van der Waals surface area (Å²) < 4.78 is 4.66. The molecule has 3 aromatic carbocycles. The van der Waals surface area contributed by atoms with E-state index in [2.05, 4.69) is 88.5 Å². The molecule has 2 aliphatic heterocycles. The number of ether oxygens (including phenoxy) is 1. The van der Waals surface area contributed by atoms with Gasteiger partial charge in [-0.25, -0.2) is 14.8 Å². The fraction of sp³-hybridized carbons (Fsp3) is 0.425. The van der Waals surface area contributed by atoms with Crippen molar-refractivity contribution in [2.75, 3.05) is 34.3 Å². The first-order valence-electron chi connectivity index (χ1n) is 18.2. The van der Waals surface area contributed by atoms with Gasteiger partial charge in [0.25, 0.3) is 0 Å². The van der Waals surface area contributed by atoms with Crippen molar-refractivity contribution in [3.8, 4) is 22.3 Å². The van der Waals surface area contributed by atoms with Gasteiger partial charge in [-0.15, -0.1) is 0 Å². The first-order valence-corrected chi connectivity index (χ1v) is 18.2. The molecule has 12 nitrogen and oxygen atoms in total. The van der Waals surface area contributed by atoms with Crippen LogP contribution >= 0.6 is 0 Å². The molecule has 4 atom stereocenters. The number of nitrogens with zero attached hydrogens (tertiary/aromatic N) is 5. The lowest BCUT2D eigenvalue weighted by atomic mass is 10.00. The first-order chi connectivity index (χ1) is 25.0. The molecule has 0 aliphatic carbocycles. The standard InChI is InChI=1S/C40H48N8O4/c1-23(2)35(46(4)5)39(50)48-20-8-10-34(48)37-43-30-18-16-28(22-32(30)45-37)26-13-11-25(12-14-26)27-15-17-29-31(21-27)44-36(42-29)33-9-7-19-47(33)38(49)24(3)41-40(51)52-6/h11-18,21-24,33-35H,7-10,19-20H2,1-6H3,(H,41,51)(H,42,44)(H,43,45)/t24?,33-,34-,35-/m0/s1. The second-order valence-corrected chi connectivity index (χ2v) is 14.7. The molecule has 7 rings (SSSR count). The van der Waals surface area contributed by atoms with E-state index >= 15 is 0 Å². The number of rotatable bonds is 9. The normalized spacial score (nSPS) is 18.8. The fourth-order valence-corrected chi connectivity index (χ4v) is 8.04. The number of nitrogens with one attached hydrogen (secondary N) is 3. The number of likely N-dealkylation sites (N-methyl/N-ethyl adjacent to an activating group) is 1. The van der Waals surface area contributed by atoms with E-state index < -0.39 is 12.1 Å². The molecule has 1 unspecified atom stereocenters. The Balaban J connectivity index is 1.07. The quantitative estimate of drug-likeness (QED) is 0.161. The SMILES string of the molecule is COC(=O)NC(C)C(=O)N1CCC[C@H]1c1nc2ccc(-c3ccc(-c4ccc5nc([C@@H]6CCCN6C(=O)[C@H](C(C)C)N(C)C)[nH]c5c4)cc3)cc2[nH]1. The lowest BCUT2D eigenvalue weighted by molar-refractivity contribution is -0.138. The lowest BCUT2D eigenvalue weighted by Crippen LogP contribution is -2.48. The second-order valence-electron chi connectivity index (χ2n) is 14.7. The molecule has 0 saturated carbocycles. The van der Waals surface area contributed by atoms with Crippen molar-refractivity contribution in [3.05, 3.63) is 72.3 Å². The highest BCUT2D eigenvalue weighted by Crippen LogP contribution is 2.36. The number of carbonyl (C=O) groups excluding carboxylic acids is 3. The number of aromatic amines is 2. The number of hydrogen-bond acceptors (Lipinski definition) is 7. The predicted octanol–water partition coefficient (Wildman–Crippen LogP) is 6.43. The van der Waals surface area contributed by atoms with Crippen molar-refractivity contribution in [2.24, 2.45) is 5.92 Å². The second kappa shape index (κ2) is 14.4. The number of carbonyl (C=O) groups is 3. The van der Waals surface area contributed by atoms with Crippen LogP contribution in [0.3, 0.4) is 0 Å². The Morgan fingerprint density at radius 1 is 0.750 bits per heavy atom. The van der Waals surface area contributed by atoms with Crippen LogP contribution in [0, 0.1) is 5.92 Å². The Morgan fingerprint density at radius 2 is 1.21 bits per heavy atom. The number of likely N-dealkylation sites (tertiary alicyclic amines) is 2. The summed E-state index contributed by atoms with van der Waals surface area (Å²) in [6.07, 6.45) is 2.90. The van der Waals surface area contributed by atoms with E-state index in [0.29, 0.717) is 6.54 Å². The van der Waals surface area contributed by atoms with Crippen molar-refractivity contribution in [1.29, 1.82) is 0 Å². The topological polar surface area (TPSA) is 140 Å². The maximum absolute atomic E-state index is 13.6. The molecule has 2 fully saturated rings. The highest BCUT2D eigenvalue weighted by Gasteiger charge is 2.38. The summed E-state index contributed by atoms with van der Waals surface area (Å²) in [5.41, 5.74) is 7.91. The zero-order valence-corrected chi connectivity index (χ0v) is 30.8. The molecule has 2 aromatic heterocycles. The highest BCUT2D eigenvalue weighted by molar-refractivity contribution is 5.87. The third-order valence-electron chi connectivity index (χ3n) is 10.6. The minimum absolute atomic E-state index is 0.0502. The number of imidazole rings is 2. The summed E-state index contributed by atoms with van der Waals surface area (Å²) in [5.74, 6) is 1.83. The van der Waals surface area contributed by atoms with E-state index in [4.69, 9.17) is 9.97 Å². The van der Waals surface area contributed by atoms with Gasteiger partial charge in [0.2, 0.25) is 11.8 Å². The third kappa shape index (κ3) is 6.74. The molecule has 0 bridgehead atoms. The molecule has 2 saturated heterocycles. The highest BCUT2D eigenvalue weighted by atomic mass is 16.5. The monoisotopic (exact) mass is 704 g/mol. The van der Waals surface area contributed by atoms with Gasteiger partial charge < -0.3 is 29.8 Å². The zero-order chi connectivity index (χ0) is 36.7. The number of H-pyrrole nitrogens is 2. The fourth-order valence-electron chi connectivity index (χ4n) is 8.04. The van der Waals surface area contributed by atoms with Gasteiger partial charge in [-0.1, -0.05) is 50.2 Å². The Morgan fingerprint density at radius 3 is 1.65 bits per heavy atom. The van der Waals surface area contributed by atoms with Gasteiger partial charge in [0, 0.05) is 13.1 Å². The Bertz CT molecular complexity index is 2090. The molecule has 3 N–H and O–H groups in total. The van der Waals surface area contributed by atoms with E-state index in [1.165, 1.54) is 7.11 Å². The largest absolute Gasteiger partial charge is 0.453 e. The number of fused-ring (bicyclic) bond motifs is 2. The molecule has 12 heteroatoms.